The molecular weight excluding hydrogens is 384 g/mol. The van der Waals surface area contributed by atoms with Gasteiger partial charge in [-0.25, -0.2) is 4.39 Å². The second-order valence-electron chi connectivity index (χ2n) is 4.32. The number of carbonyl (C=O) groups is 1. The van der Waals surface area contributed by atoms with Gasteiger partial charge >= 0.3 is 0 Å². The topological polar surface area (TPSA) is 50.1 Å². The number of halogens is 2. The van der Waals surface area contributed by atoms with Crippen molar-refractivity contribution in [2.45, 2.75) is 5.92 Å². The SMILES string of the molecule is COc1ccc(C(C#N)C(=O)c2ccc(F)cc2I)cc1. The van der Waals surface area contributed by atoms with Crippen LogP contribution in [0, 0.1) is 20.7 Å². The van der Waals surface area contributed by atoms with Crippen LogP contribution in [-0.4, -0.2) is 12.9 Å². The third-order valence-electron chi connectivity index (χ3n) is 3.04. The fourth-order valence-corrected chi connectivity index (χ4v) is 2.67. The minimum Gasteiger partial charge on any atom is -0.497 e. The molecule has 0 heterocycles. The van der Waals surface area contributed by atoms with Gasteiger partial charge in [-0.1, -0.05) is 12.1 Å². The molecule has 106 valence electrons. The van der Waals surface area contributed by atoms with Crippen molar-refractivity contribution in [2.75, 3.05) is 7.11 Å². The number of hydrogen-bond donors (Lipinski definition) is 0. The monoisotopic (exact) mass is 395 g/mol. The zero-order valence-electron chi connectivity index (χ0n) is 11.1. The summed E-state index contributed by atoms with van der Waals surface area (Å²) in [5.41, 5.74) is 0.933. The Kier molecular flexibility index (Phi) is 4.91. The summed E-state index contributed by atoms with van der Waals surface area (Å²) in [4.78, 5) is 12.5. The van der Waals surface area contributed by atoms with Crippen LogP contribution in [0.4, 0.5) is 4.39 Å². The lowest BCUT2D eigenvalue weighted by molar-refractivity contribution is 0.0978. The maximum atomic E-state index is 13.1. The lowest BCUT2D eigenvalue weighted by Gasteiger charge is -2.11. The first-order valence-electron chi connectivity index (χ1n) is 6.09. The lowest BCUT2D eigenvalue weighted by Crippen LogP contribution is -2.13. The maximum Gasteiger partial charge on any atom is 0.185 e. The Balaban J connectivity index is 2.36. The summed E-state index contributed by atoms with van der Waals surface area (Å²) >= 11 is 1.89. The molecule has 0 saturated heterocycles. The highest BCUT2D eigenvalue weighted by Crippen LogP contribution is 2.25. The van der Waals surface area contributed by atoms with E-state index < -0.39 is 11.7 Å². The van der Waals surface area contributed by atoms with E-state index in [1.54, 1.807) is 31.4 Å². The third-order valence-corrected chi connectivity index (χ3v) is 3.93. The van der Waals surface area contributed by atoms with Gasteiger partial charge in [0, 0.05) is 9.13 Å². The molecule has 5 heteroatoms. The van der Waals surface area contributed by atoms with E-state index in [9.17, 15) is 14.4 Å². The summed E-state index contributed by atoms with van der Waals surface area (Å²) in [5.74, 6) is -1.02. The molecule has 0 saturated carbocycles. The molecule has 0 fully saturated rings. The van der Waals surface area contributed by atoms with Crippen LogP contribution in [0.1, 0.15) is 21.8 Å². The predicted octanol–water partition coefficient (Wildman–Crippen LogP) is 3.93. The van der Waals surface area contributed by atoms with E-state index in [2.05, 4.69) is 0 Å². The minimum atomic E-state index is -0.921. The van der Waals surface area contributed by atoms with Crippen LogP contribution in [-0.2, 0) is 0 Å². The molecule has 0 spiro atoms. The van der Waals surface area contributed by atoms with E-state index in [-0.39, 0.29) is 5.78 Å². The number of Topliss-reactive ketones (excluding diaryl/α,β-unsaturated/α-hetero) is 1. The van der Waals surface area contributed by atoms with Gasteiger partial charge in [0.25, 0.3) is 0 Å². The van der Waals surface area contributed by atoms with Crippen LogP contribution in [0.2, 0.25) is 0 Å². The summed E-state index contributed by atoms with van der Waals surface area (Å²) in [7, 11) is 1.54. The number of ketones is 1. The maximum absolute atomic E-state index is 13.1. The molecule has 0 aliphatic carbocycles. The first-order chi connectivity index (χ1) is 10.1. The van der Waals surface area contributed by atoms with Crippen molar-refractivity contribution >= 4 is 28.4 Å². The summed E-state index contributed by atoms with van der Waals surface area (Å²) in [6.45, 7) is 0. The summed E-state index contributed by atoms with van der Waals surface area (Å²) < 4.78 is 18.6. The van der Waals surface area contributed by atoms with E-state index in [1.807, 2.05) is 28.7 Å². The molecule has 0 radical (unpaired) electrons. The number of carbonyl (C=O) groups excluding carboxylic acids is 1. The molecule has 1 unspecified atom stereocenters. The minimum absolute atomic E-state index is 0.341. The number of benzene rings is 2. The Morgan fingerprint density at radius 2 is 1.95 bits per heavy atom. The van der Waals surface area contributed by atoms with Gasteiger partial charge in [0.15, 0.2) is 5.78 Å². The molecular formula is C16H11FINO2. The highest BCUT2D eigenvalue weighted by Gasteiger charge is 2.23. The van der Waals surface area contributed by atoms with Gasteiger partial charge in [-0.15, -0.1) is 0 Å². The van der Waals surface area contributed by atoms with Gasteiger partial charge in [0.1, 0.15) is 17.5 Å². The molecule has 3 nitrogen and oxygen atoms in total. The number of methoxy groups -OCH3 is 1. The molecule has 2 aromatic rings. The van der Waals surface area contributed by atoms with Gasteiger partial charge in [-0.2, -0.15) is 5.26 Å². The second kappa shape index (κ2) is 6.68. The molecule has 2 rings (SSSR count). The van der Waals surface area contributed by atoms with Crippen LogP contribution in [0.25, 0.3) is 0 Å². The normalized spacial score (nSPS) is 11.5. The van der Waals surface area contributed by atoms with Crippen LogP contribution in [0.5, 0.6) is 5.75 Å². The summed E-state index contributed by atoms with van der Waals surface area (Å²) in [5, 5.41) is 9.30. The first-order valence-corrected chi connectivity index (χ1v) is 7.17. The standard InChI is InChI=1S/C16H11FINO2/c1-21-12-5-2-10(3-6-12)14(9-19)16(20)13-7-4-11(17)8-15(13)18/h2-8,14H,1H3. The van der Waals surface area contributed by atoms with Crippen molar-refractivity contribution in [1.82, 2.24) is 0 Å². The Bertz CT molecular complexity index is 707. The van der Waals surface area contributed by atoms with Gasteiger partial charge in [-0.3, -0.25) is 4.79 Å². The van der Waals surface area contributed by atoms with Crippen molar-refractivity contribution in [2.24, 2.45) is 0 Å². The smallest absolute Gasteiger partial charge is 0.185 e. The zero-order valence-corrected chi connectivity index (χ0v) is 13.3. The molecule has 2 aromatic carbocycles. The average Bonchev–Trinajstić information content (AvgIpc) is 2.48. The van der Waals surface area contributed by atoms with Crippen molar-refractivity contribution in [1.29, 1.82) is 5.26 Å². The predicted molar refractivity (Wildman–Crippen MR) is 84.8 cm³/mol. The summed E-state index contributed by atoms with van der Waals surface area (Å²) in [6.07, 6.45) is 0. The quantitative estimate of drug-likeness (QED) is 0.583. The van der Waals surface area contributed by atoms with Gasteiger partial charge < -0.3 is 4.74 Å². The Morgan fingerprint density at radius 3 is 2.48 bits per heavy atom. The number of hydrogen-bond acceptors (Lipinski definition) is 3. The third kappa shape index (κ3) is 3.39. The average molecular weight is 395 g/mol. The largest absolute Gasteiger partial charge is 0.497 e. The lowest BCUT2D eigenvalue weighted by atomic mass is 9.92. The summed E-state index contributed by atoms with van der Waals surface area (Å²) in [6, 6.07) is 12.7. The van der Waals surface area contributed by atoms with Gasteiger partial charge in [-0.05, 0) is 58.5 Å². The Hall–Kier alpha value is -1.94. The first kappa shape index (κ1) is 15.4. The Morgan fingerprint density at radius 1 is 1.29 bits per heavy atom. The van der Waals surface area contributed by atoms with Crippen LogP contribution in [0.15, 0.2) is 42.5 Å². The van der Waals surface area contributed by atoms with Crippen molar-refractivity contribution in [3.8, 4) is 11.8 Å². The highest BCUT2D eigenvalue weighted by atomic mass is 127. The molecule has 0 aliphatic heterocycles. The fraction of sp³-hybridized carbons (Fsp3) is 0.125. The van der Waals surface area contributed by atoms with E-state index >= 15 is 0 Å². The van der Waals surface area contributed by atoms with E-state index in [1.165, 1.54) is 18.2 Å². The van der Waals surface area contributed by atoms with E-state index in [0.717, 1.165) is 0 Å². The molecule has 21 heavy (non-hydrogen) atoms. The second-order valence-corrected chi connectivity index (χ2v) is 5.49. The zero-order chi connectivity index (χ0) is 15.4. The van der Waals surface area contributed by atoms with Crippen LogP contribution in [0.3, 0.4) is 0 Å². The van der Waals surface area contributed by atoms with Crippen molar-refractivity contribution < 1.29 is 13.9 Å². The molecule has 1 atom stereocenters. The number of nitriles is 1. The number of nitrogens with zero attached hydrogens (tertiary/aromatic N) is 1. The van der Waals surface area contributed by atoms with Gasteiger partial charge in [0.05, 0.1) is 13.2 Å². The van der Waals surface area contributed by atoms with Crippen LogP contribution >= 0.6 is 22.6 Å². The molecule has 0 aliphatic rings. The molecule has 0 bridgehead atoms. The highest BCUT2D eigenvalue weighted by molar-refractivity contribution is 14.1. The molecule has 0 N–H and O–H groups in total. The Labute approximate surface area is 135 Å². The van der Waals surface area contributed by atoms with Crippen LogP contribution < -0.4 is 4.74 Å². The number of rotatable bonds is 4. The molecule has 0 amide bonds. The molecule has 0 aromatic heterocycles. The van der Waals surface area contributed by atoms with E-state index in [4.69, 9.17) is 4.74 Å². The van der Waals surface area contributed by atoms with Gasteiger partial charge in [0.2, 0.25) is 0 Å². The van der Waals surface area contributed by atoms with Crippen molar-refractivity contribution in [3.05, 3.63) is 63.0 Å². The van der Waals surface area contributed by atoms with E-state index in [0.29, 0.717) is 20.4 Å². The number of ether oxygens (including phenoxy) is 1. The fourth-order valence-electron chi connectivity index (χ4n) is 1.93. The van der Waals surface area contributed by atoms with Crippen molar-refractivity contribution in [3.63, 3.8) is 0 Å².